The highest BCUT2D eigenvalue weighted by molar-refractivity contribution is 6.11. The maximum Gasteiger partial charge on any atom is 0.255 e. The Balaban J connectivity index is 1.65. The number of ether oxygens (including phenoxy) is 2. The molecule has 1 aromatic heterocycles. The highest BCUT2D eigenvalue weighted by Crippen LogP contribution is 2.34. The van der Waals surface area contributed by atoms with E-state index in [2.05, 4.69) is 21.3 Å². The van der Waals surface area contributed by atoms with E-state index in [-0.39, 0.29) is 5.91 Å². The highest BCUT2D eigenvalue weighted by atomic mass is 16.5. The van der Waals surface area contributed by atoms with Gasteiger partial charge in [0, 0.05) is 47.5 Å². The van der Waals surface area contributed by atoms with Crippen LogP contribution < -0.4 is 19.7 Å². The third-order valence-electron chi connectivity index (χ3n) is 5.39. The summed E-state index contributed by atoms with van der Waals surface area (Å²) in [5.41, 5.74) is 2.44. The summed E-state index contributed by atoms with van der Waals surface area (Å²) in [6.45, 7) is 2.13. The summed E-state index contributed by atoms with van der Waals surface area (Å²) in [6.07, 6.45) is 7.33. The number of methoxy groups -OCH3 is 2. The van der Waals surface area contributed by atoms with Crippen molar-refractivity contribution in [3.63, 3.8) is 0 Å². The Kier molecular flexibility index (Phi) is 5.51. The number of nitrogens with one attached hydrogen (secondary N) is 1. The largest absolute Gasteiger partial charge is 0.493 e. The molecule has 1 amide bonds. The summed E-state index contributed by atoms with van der Waals surface area (Å²) in [5.74, 6) is 0.901. The lowest BCUT2D eigenvalue weighted by molar-refractivity contribution is 0.102. The van der Waals surface area contributed by atoms with Crippen molar-refractivity contribution in [1.82, 2.24) is 4.98 Å². The van der Waals surface area contributed by atoms with E-state index in [1.165, 1.54) is 24.9 Å². The number of fused-ring (bicyclic) bond motifs is 1. The van der Waals surface area contributed by atoms with Crippen LogP contribution in [0.4, 0.5) is 11.4 Å². The van der Waals surface area contributed by atoms with Gasteiger partial charge < -0.3 is 19.7 Å². The van der Waals surface area contributed by atoms with E-state index in [1.54, 1.807) is 38.6 Å². The van der Waals surface area contributed by atoms with Gasteiger partial charge in [0.25, 0.3) is 5.91 Å². The quantitative estimate of drug-likeness (QED) is 0.694. The van der Waals surface area contributed by atoms with Crippen molar-refractivity contribution >= 4 is 28.1 Å². The van der Waals surface area contributed by atoms with Gasteiger partial charge in [0.05, 0.1) is 19.9 Å². The average Bonchev–Trinajstić information content (AvgIpc) is 2.79. The summed E-state index contributed by atoms with van der Waals surface area (Å²) < 4.78 is 10.6. The Labute approximate surface area is 170 Å². The molecule has 1 N–H and O–H groups in total. The van der Waals surface area contributed by atoms with Gasteiger partial charge in [-0.05, 0) is 55.7 Å². The first-order chi connectivity index (χ1) is 14.2. The van der Waals surface area contributed by atoms with Crippen molar-refractivity contribution in [2.24, 2.45) is 0 Å². The number of nitrogens with zero attached hydrogens (tertiary/aromatic N) is 2. The van der Waals surface area contributed by atoms with Gasteiger partial charge in [-0.2, -0.15) is 0 Å². The first-order valence-electron chi connectivity index (χ1n) is 9.86. The number of amides is 1. The summed E-state index contributed by atoms with van der Waals surface area (Å²) in [4.78, 5) is 19.6. The highest BCUT2D eigenvalue weighted by Gasteiger charge is 2.17. The first-order valence-corrected chi connectivity index (χ1v) is 9.86. The third kappa shape index (κ3) is 3.83. The number of piperidine rings is 1. The molecule has 1 aliphatic heterocycles. The number of rotatable bonds is 5. The van der Waals surface area contributed by atoms with Crippen LogP contribution in [0, 0.1) is 0 Å². The molecule has 0 saturated carbocycles. The molecule has 4 rings (SSSR count). The average molecular weight is 391 g/mol. The van der Waals surface area contributed by atoms with Gasteiger partial charge in [0.2, 0.25) is 0 Å². The van der Waals surface area contributed by atoms with Crippen LogP contribution in [-0.2, 0) is 0 Å². The normalized spacial score (nSPS) is 13.9. The summed E-state index contributed by atoms with van der Waals surface area (Å²) in [6, 6.07) is 11.2. The zero-order valence-electron chi connectivity index (χ0n) is 16.8. The fourth-order valence-electron chi connectivity index (χ4n) is 3.87. The lowest BCUT2D eigenvalue weighted by Crippen LogP contribution is -2.29. The molecule has 0 bridgehead atoms. The van der Waals surface area contributed by atoms with Gasteiger partial charge in [0.15, 0.2) is 11.5 Å². The number of benzene rings is 2. The molecular formula is C23H25N3O3. The summed E-state index contributed by atoms with van der Waals surface area (Å²) in [5, 5.41) is 5.06. The van der Waals surface area contributed by atoms with Crippen molar-refractivity contribution in [3.8, 4) is 11.5 Å². The standard InChI is InChI=1S/C23H25N3O3/c1-28-21-9-6-16(14-22(21)29-2)23(27)25-19-7-8-20(26-12-4-3-5-13-26)17-10-11-24-15-18(17)19/h6-11,14-15H,3-5,12-13H2,1-2H3,(H,25,27). The van der Waals surface area contributed by atoms with Crippen LogP contribution in [0.1, 0.15) is 29.6 Å². The van der Waals surface area contributed by atoms with Crippen LogP contribution in [0.15, 0.2) is 48.8 Å². The molecule has 29 heavy (non-hydrogen) atoms. The number of hydrogen-bond acceptors (Lipinski definition) is 5. The Morgan fingerprint density at radius 2 is 1.76 bits per heavy atom. The lowest BCUT2D eigenvalue weighted by Gasteiger charge is -2.30. The van der Waals surface area contributed by atoms with Gasteiger partial charge in [0.1, 0.15) is 0 Å². The van der Waals surface area contributed by atoms with Crippen LogP contribution in [0.5, 0.6) is 11.5 Å². The number of anilines is 2. The predicted octanol–water partition coefficient (Wildman–Crippen LogP) is 4.49. The molecule has 0 spiro atoms. The molecule has 2 aromatic carbocycles. The van der Waals surface area contributed by atoms with Gasteiger partial charge in [-0.25, -0.2) is 0 Å². The van der Waals surface area contributed by atoms with Crippen molar-refractivity contribution in [1.29, 1.82) is 0 Å². The lowest BCUT2D eigenvalue weighted by atomic mass is 10.0. The van der Waals surface area contributed by atoms with Crippen LogP contribution in [0.2, 0.25) is 0 Å². The fraction of sp³-hybridized carbons (Fsp3) is 0.304. The van der Waals surface area contributed by atoms with E-state index in [0.717, 1.165) is 29.5 Å². The van der Waals surface area contributed by atoms with E-state index in [1.807, 2.05) is 18.3 Å². The van der Waals surface area contributed by atoms with E-state index >= 15 is 0 Å². The molecule has 0 radical (unpaired) electrons. The van der Waals surface area contributed by atoms with Crippen LogP contribution >= 0.6 is 0 Å². The Morgan fingerprint density at radius 1 is 0.966 bits per heavy atom. The second-order valence-electron chi connectivity index (χ2n) is 7.13. The third-order valence-corrected chi connectivity index (χ3v) is 5.39. The zero-order chi connectivity index (χ0) is 20.2. The Hall–Kier alpha value is -3.28. The smallest absolute Gasteiger partial charge is 0.255 e. The van der Waals surface area contributed by atoms with E-state index < -0.39 is 0 Å². The van der Waals surface area contributed by atoms with Gasteiger partial charge in [-0.15, -0.1) is 0 Å². The minimum atomic E-state index is -0.207. The molecule has 0 atom stereocenters. The van der Waals surface area contributed by atoms with Gasteiger partial charge in [-0.1, -0.05) is 0 Å². The maximum atomic E-state index is 12.9. The molecule has 6 heteroatoms. The fourth-order valence-corrected chi connectivity index (χ4v) is 3.87. The second kappa shape index (κ2) is 8.39. The van der Waals surface area contributed by atoms with Crippen molar-refractivity contribution < 1.29 is 14.3 Å². The Bertz CT molecular complexity index is 1030. The molecular weight excluding hydrogens is 366 g/mol. The van der Waals surface area contributed by atoms with E-state index in [4.69, 9.17) is 9.47 Å². The van der Waals surface area contributed by atoms with Crippen molar-refractivity contribution in [2.75, 3.05) is 37.5 Å². The maximum absolute atomic E-state index is 12.9. The number of aromatic nitrogens is 1. The molecule has 2 heterocycles. The minimum Gasteiger partial charge on any atom is -0.493 e. The molecule has 0 aliphatic carbocycles. The molecule has 1 aliphatic rings. The van der Waals surface area contributed by atoms with Crippen LogP contribution in [0.3, 0.4) is 0 Å². The van der Waals surface area contributed by atoms with E-state index in [9.17, 15) is 4.79 Å². The van der Waals surface area contributed by atoms with Crippen LogP contribution in [0.25, 0.3) is 10.8 Å². The predicted molar refractivity (Wildman–Crippen MR) is 115 cm³/mol. The topological polar surface area (TPSA) is 63.7 Å². The van der Waals surface area contributed by atoms with Crippen molar-refractivity contribution in [3.05, 3.63) is 54.4 Å². The number of hydrogen-bond donors (Lipinski definition) is 1. The molecule has 1 saturated heterocycles. The summed E-state index contributed by atoms with van der Waals surface area (Å²) >= 11 is 0. The minimum absolute atomic E-state index is 0.207. The molecule has 6 nitrogen and oxygen atoms in total. The Morgan fingerprint density at radius 3 is 2.52 bits per heavy atom. The monoisotopic (exact) mass is 391 g/mol. The SMILES string of the molecule is COc1ccc(C(=O)Nc2ccc(N3CCCCC3)c3ccncc23)cc1OC. The van der Waals surface area contributed by atoms with E-state index in [0.29, 0.717) is 17.1 Å². The second-order valence-corrected chi connectivity index (χ2v) is 7.13. The number of pyridine rings is 1. The number of carbonyl (C=O) groups is 1. The van der Waals surface area contributed by atoms with Gasteiger partial charge in [-0.3, -0.25) is 9.78 Å². The van der Waals surface area contributed by atoms with Crippen LogP contribution in [-0.4, -0.2) is 38.2 Å². The zero-order valence-corrected chi connectivity index (χ0v) is 16.8. The summed E-state index contributed by atoms with van der Waals surface area (Å²) in [7, 11) is 3.12. The number of carbonyl (C=O) groups excluding carboxylic acids is 1. The molecule has 1 fully saturated rings. The van der Waals surface area contributed by atoms with Gasteiger partial charge >= 0.3 is 0 Å². The molecule has 3 aromatic rings. The molecule has 0 unspecified atom stereocenters. The van der Waals surface area contributed by atoms with Crippen molar-refractivity contribution in [2.45, 2.75) is 19.3 Å². The molecule has 150 valence electrons. The first kappa shape index (κ1) is 19.1.